The van der Waals surface area contributed by atoms with Crippen molar-refractivity contribution >= 4 is 17.3 Å². The number of carboxylic acid groups (broad SMARTS) is 1. The highest BCUT2D eigenvalue weighted by molar-refractivity contribution is 5.72. The van der Waals surface area contributed by atoms with Crippen molar-refractivity contribution in [2.75, 3.05) is 18.0 Å². The smallest absolute Gasteiger partial charge is 0.308 e. The second-order valence-corrected chi connectivity index (χ2v) is 4.50. The van der Waals surface area contributed by atoms with Gasteiger partial charge in [0.1, 0.15) is 0 Å². The summed E-state index contributed by atoms with van der Waals surface area (Å²) in [6, 6.07) is 4.67. The number of carboxylic acids is 1. The van der Waals surface area contributed by atoms with Gasteiger partial charge in [-0.1, -0.05) is 6.07 Å². The van der Waals surface area contributed by atoms with Gasteiger partial charge in [0, 0.05) is 30.9 Å². The molecule has 1 aliphatic heterocycles. The third kappa shape index (κ3) is 2.27. The third-order valence-electron chi connectivity index (χ3n) is 3.28. The number of hydrogen-bond acceptors (Lipinski definition) is 4. The van der Waals surface area contributed by atoms with E-state index >= 15 is 0 Å². The number of nitrogens with zero attached hydrogens (tertiary/aromatic N) is 2. The van der Waals surface area contributed by atoms with Gasteiger partial charge >= 0.3 is 5.97 Å². The first-order chi connectivity index (χ1) is 8.49. The molecular formula is C12H14N2O4. The van der Waals surface area contributed by atoms with E-state index in [9.17, 15) is 14.9 Å². The number of rotatable bonds is 3. The maximum absolute atomic E-state index is 10.9. The van der Waals surface area contributed by atoms with E-state index < -0.39 is 10.9 Å². The number of carbonyl (C=O) groups is 1. The molecule has 2 rings (SSSR count). The van der Waals surface area contributed by atoms with E-state index in [1.54, 1.807) is 6.07 Å². The Kier molecular flexibility index (Phi) is 3.18. The van der Waals surface area contributed by atoms with E-state index in [1.807, 2.05) is 11.8 Å². The molecular weight excluding hydrogens is 236 g/mol. The van der Waals surface area contributed by atoms with E-state index in [4.69, 9.17) is 5.11 Å². The molecule has 1 atom stereocenters. The van der Waals surface area contributed by atoms with Gasteiger partial charge in [-0.25, -0.2) is 0 Å². The van der Waals surface area contributed by atoms with Gasteiger partial charge in [-0.05, 0) is 18.9 Å². The lowest BCUT2D eigenvalue weighted by atomic mass is 10.1. The van der Waals surface area contributed by atoms with Crippen molar-refractivity contribution in [3.63, 3.8) is 0 Å². The highest BCUT2D eigenvalue weighted by Crippen LogP contribution is 2.30. The monoisotopic (exact) mass is 250 g/mol. The average Bonchev–Trinajstić information content (AvgIpc) is 2.78. The maximum Gasteiger partial charge on any atom is 0.308 e. The van der Waals surface area contributed by atoms with E-state index in [2.05, 4.69) is 0 Å². The van der Waals surface area contributed by atoms with Crippen LogP contribution in [0.3, 0.4) is 0 Å². The fraction of sp³-hybridized carbons (Fsp3) is 0.417. The van der Waals surface area contributed by atoms with Crippen LogP contribution in [0.4, 0.5) is 11.4 Å². The fourth-order valence-corrected chi connectivity index (χ4v) is 2.23. The molecule has 1 N–H and O–H groups in total. The SMILES string of the molecule is Cc1ccc([N+](=O)[O-])cc1N1CCC(C(=O)O)C1. The molecule has 0 aromatic heterocycles. The zero-order chi connectivity index (χ0) is 13.3. The van der Waals surface area contributed by atoms with Crippen LogP contribution in [0.1, 0.15) is 12.0 Å². The molecule has 0 spiro atoms. The standard InChI is InChI=1S/C12H14N2O4/c1-8-2-3-10(14(17)18)6-11(8)13-5-4-9(7-13)12(15)16/h2-3,6,9H,4-5,7H2,1H3,(H,15,16). The molecule has 1 unspecified atom stereocenters. The van der Waals surface area contributed by atoms with Crippen LogP contribution in [-0.4, -0.2) is 29.1 Å². The maximum atomic E-state index is 10.9. The molecule has 0 saturated carbocycles. The molecule has 1 aliphatic rings. The Bertz CT molecular complexity index is 501. The molecule has 0 radical (unpaired) electrons. The Morgan fingerprint density at radius 2 is 2.28 bits per heavy atom. The molecule has 0 bridgehead atoms. The zero-order valence-corrected chi connectivity index (χ0v) is 10.00. The number of hydrogen-bond donors (Lipinski definition) is 1. The van der Waals surface area contributed by atoms with Crippen LogP contribution >= 0.6 is 0 Å². The van der Waals surface area contributed by atoms with Crippen LogP contribution in [-0.2, 0) is 4.79 Å². The Morgan fingerprint density at radius 3 is 2.83 bits per heavy atom. The van der Waals surface area contributed by atoms with Gasteiger partial charge < -0.3 is 10.0 Å². The highest BCUT2D eigenvalue weighted by Gasteiger charge is 2.29. The summed E-state index contributed by atoms with van der Waals surface area (Å²) >= 11 is 0. The Balaban J connectivity index is 2.26. The second-order valence-electron chi connectivity index (χ2n) is 4.50. The number of nitro groups is 1. The lowest BCUT2D eigenvalue weighted by Gasteiger charge is -2.20. The summed E-state index contributed by atoms with van der Waals surface area (Å²) in [5.74, 6) is -1.19. The Morgan fingerprint density at radius 1 is 1.56 bits per heavy atom. The van der Waals surface area contributed by atoms with Gasteiger partial charge in [0.05, 0.1) is 10.8 Å². The van der Waals surface area contributed by atoms with Gasteiger partial charge in [-0.3, -0.25) is 14.9 Å². The number of benzene rings is 1. The topological polar surface area (TPSA) is 83.7 Å². The first kappa shape index (κ1) is 12.3. The first-order valence-corrected chi connectivity index (χ1v) is 5.72. The first-order valence-electron chi connectivity index (χ1n) is 5.72. The predicted molar refractivity (Wildman–Crippen MR) is 65.8 cm³/mol. The van der Waals surface area contributed by atoms with Crippen LogP contribution < -0.4 is 4.90 Å². The van der Waals surface area contributed by atoms with Crippen LogP contribution in [0.5, 0.6) is 0 Å². The van der Waals surface area contributed by atoms with E-state index in [1.165, 1.54) is 12.1 Å². The molecule has 0 aliphatic carbocycles. The lowest BCUT2D eigenvalue weighted by Crippen LogP contribution is -2.23. The summed E-state index contributed by atoms with van der Waals surface area (Å²) in [5, 5.41) is 19.7. The van der Waals surface area contributed by atoms with Crippen molar-refractivity contribution in [3.05, 3.63) is 33.9 Å². The van der Waals surface area contributed by atoms with E-state index in [0.717, 1.165) is 11.3 Å². The van der Waals surface area contributed by atoms with Crippen molar-refractivity contribution in [2.24, 2.45) is 5.92 Å². The van der Waals surface area contributed by atoms with Gasteiger partial charge in [-0.2, -0.15) is 0 Å². The Hall–Kier alpha value is -2.11. The van der Waals surface area contributed by atoms with Gasteiger partial charge in [0.15, 0.2) is 0 Å². The van der Waals surface area contributed by atoms with Crippen LogP contribution in [0, 0.1) is 23.0 Å². The van der Waals surface area contributed by atoms with E-state index in [0.29, 0.717) is 19.5 Å². The molecule has 1 heterocycles. The molecule has 1 aromatic carbocycles. The van der Waals surface area contributed by atoms with Gasteiger partial charge in [-0.15, -0.1) is 0 Å². The largest absolute Gasteiger partial charge is 0.481 e. The van der Waals surface area contributed by atoms with E-state index in [-0.39, 0.29) is 11.6 Å². The van der Waals surface area contributed by atoms with Crippen LogP contribution in [0.2, 0.25) is 0 Å². The van der Waals surface area contributed by atoms with Crippen molar-refractivity contribution in [2.45, 2.75) is 13.3 Å². The minimum atomic E-state index is -0.805. The Labute approximate surface area is 104 Å². The normalized spacial score (nSPS) is 18.9. The number of aryl methyl sites for hydroxylation is 1. The number of aliphatic carboxylic acids is 1. The van der Waals surface area contributed by atoms with Crippen molar-refractivity contribution in [1.82, 2.24) is 0 Å². The molecule has 1 saturated heterocycles. The second kappa shape index (κ2) is 4.64. The molecule has 1 fully saturated rings. The summed E-state index contributed by atoms with van der Waals surface area (Å²) < 4.78 is 0. The van der Waals surface area contributed by atoms with Crippen LogP contribution in [0.15, 0.2) is 18.2 Å². The fourth-order valence-electron chi connectivity index (χ4n) is 2.23. The van der Waals surface area contributed by atoms with Crippen LogP contribution in [0.25, 0.3) is 0 Å². The summed E-state index contributed by atoms with van der Waals surface area (Å²) in [5.41, 5.74) is 1.72. The zero-order valence-electron chi connectivity index (χ0n) is 10.00. The molecule has 18 heavy (non-hydrogen) atoms. The summed E-state index contributed by atoms with van der Waals surface area (Å²) in [7, 11) is 0. The molecule has 1 aromatic rings. The summed E-state index contributed by atoms with van der Waals surface area (Å²) in [6.45, 7) is 2.91. The number of nitro benzene ring substituents is 1. The molecule has 96 valence electrons. The predicted octanol–water partition coefficient (Wildman–Crippen LogP) is 1.81. The molecule has 6 heteroatoms. The number of anilines is 1. The summed E-state index contributed by atoms with van der Waals surface area (Å²) in [4.78, 5) is 23.1. The minimum Gasteiger partial charge on any atom is -0.481 e. The summed E-state index contributed by atoms with van der Waals surface area (Å²) in [6.07, 6.45) is 0.581. The quantitative estimate of drug-likeness (QED) is 0.653. The lowest BCUT2D eigenvalue weighted by molar-refractivity contribution is -0.384. The average molecular weight is 250 g/mol. The van der Waals surface area contributed by atoms with Gasteiger partial charge in [0.2, 0.25) is 0 Å². The van der Waals surface area contributed by atoms with Crippen molar-refractivity contribution in [3.8, 4) is 0 Å². The molecule has 6 nitrogen and oxygen atoms in total. The third-order valence-corrected chi connectivity index (χ3v) is 3.28. The number of non-ortho nitro benzene ring substituents is 1. The van der Waals surface area contributed by atoms with Crippen molar-refractivity contribution in [1.29, 1.82) is 0 Å². The highest BCUT2D eigenvalue weighted by atomic mass is 16.6. The van der Waals surface area contributed by atoms with Gasteiger partial charge in [0.25, 0.3) is 5.69 Å². The minimum absolute atomic E-state index is 0.0365. The van der Waals surface area contributed by atoms with Crippen molar-refractivity contribution < 1.29 is 14.8 Å². The molecule has 0 amide bonds.